The first-order valence-corrected chi connectivity index (χ1v) is 21.2. The van der Waals surface area contributed by atoms with Crippen molar-refractivity contribution in [2.24, 2.45) is 0 Å². The highest BCUT2D eigenvalue weighted by atomic mass is 28.5. The molecule has 0 saturated heterocycles. The molecular weight excluding hydrogens is 387 g/mol. The average Bonchev–Trinajstić information content (AvgIpc) is 2.26. The van der Waals surface area contributed by atoms with Crippen molar-refractivity contribution < 1.29 is 22.2 Å². The van der Waals surface area contributed by atoms with Gasteiger partial charge in [-0.05, 0) is 72.3 Å². The second-order valence-electron chi connectivity index (χ2n) is 9.29. The molecule has 1 amide bonds. The van der Waals surface area contributed by atoms with Crippen LogP contribution >= 0.6 is 0 Å². The summed E-state index contributed by atoms with van der Waals surface area (Å²) >= 11 is 0. The molecule has 0 fully saturated rings. The van der Waals surface area contributed by atoms with E-state index in [4.69, 9.17) is 12.3 Å². The van der Waals surface area contributed by atoms with Gasteiger partial charge in [-0.1, -0.05) is 0 Å². The monoisotopic (exact) mass is 425 g/mol. The van der Waals surface area contributed by atoms with E-state index in [-0.39, 0.29) is 0 Å². The Bertz CT molecular complexity index is 388. The highest BCUT2D eigenvalue weighted by Gasteiger charge is 2.49. The molecule has 10 heteroatoms. The molecule has 0 aromatic heterocycles. The molecule has 0 atom stereocenters. The fourth-order valence-corrected chi connectivity index (χ4v) is 17.1. The van der Waals surface area contributed by atoms with Crippen LogP contribution in [-0.4, -0.2) is 62.9 Å². The van der Waals surface area contributed by atoms with Gasteiger partial charge in [0.2, 0.25) is 0 Å². The third-order valence-corrected chi connectivity index (χ3v) is 15.0. The van der Waals surface area contributed by atoms with Crippen molar-refractivity contribution in [1.82, 2.24) is 4.90 Å². The van der Waals surface area contributed by atoms with E-state index >= 15 is 0 Å². The number of carbonyl (C=O) groups is 1. The Hall–Kier alpha value is 0.0175. The molecule has 6 nitrogen and oxygen atoms in total. The largest absolute Gasteiger partial charge is 0.469 e. The van der Waals surface area contributed by atoms with Crippen LogP contribution in [-0.2, 0) is 12.3 Å². The molecule has 0 unspecified atom stereocenters. The summed E-state index contributed by atoms with van der Waals surface area (Å²) in [5.74, 6) is 0. The molecule has 0 rings (SSSR count). The molecule has 0 heterocycles. The van der Waals surface area contributed by atoms with E-state index in [0.29, 0.717) is 25.6 Å². The lowest BCUT2D eigenvalue weighted by molar-refractivity contribution is 0.146. The van der Waals surface area contributed by atoms with Crippen LogP contribution < -0.4 is 0 Å². The van der Waals surface area contributed by atoms with Gasteiger partial charge in [0.15, 0.2) is 25.0 Å². The maximum atomic E-state index is 11.2. The number of nitrogens with zero attached hydrogens (tertiary/aromatic N) is 1. The van der Waals surface area contributed by atoms with Crippen LogP contribution in [0.4, 0.5) is 4.79 Å². The second kappa shape index (κ2) is 9.29. The lowest BCUT2D eigenvalue weighted by Crippen LogP contribution is -2.60. The Kier molecular flexibility index (Phi) is 9.29. The Morgan fingerprint density at radius 1 is 0.840 bits per heavy atom. The lowest BCUT2D eigenvalue weighted by atomic mass is 10.4. The first-order valence-electron chi connectivity index (χ1n) is 9.07. The van der Waals surface area contributed by atoms with Crippen LogP contribution in [0.3, 0.4) is 0 Å². The fourth-order valence-electron chi connectivity index (χ4n) is 2.49. The molecule has 25 heavy (non-hydrogen) atoms. The van der Waals surface area contributed by atoms with E-state index in [0.717, 1.165) is 0 Å². The van der Waals surface area contributed by atoms with Crippen LogP contribution in [0.1, 0.15) is 13.3 Å². The van der Waals surface area contributed by atoms with Gasteiger partial charge >= 0.3 is 14.9 Å². The van der Waals surface area contributed by atoms with Crippen molar-refractivity contribution in [3.05, 3.63) is 0 Å². The van der Waals surface area contributed by atoms with Gasteiger partial charge in [-0.15, -0.1) is 0 Å². The molecule has 0 aromatic carbocycles. The van der Waals surface area contributed by atoms with Gasteiger partial charge in [-0.3, -0.25) is 0 Å². The summed E-state index contributed by atoms with van der Waals surface area (Å²) in [6.07, 6.45) is -0.177. The minimum absolute atomic E-state index is 0.486. The highest BCUT2D eigenvalue weighted by molar-refractivity contribution is 6.90. The summed E-state index contributed by atoms with van der Waals surface area (Å²) in [5, 5.41) is 9.23. The lowest BCUT2D eigenvalue weighted by Gasteiger charge is -2.43. The second-order valence-corrected chi connectivity index (χ2v) is 26.3. The molecular formula is C15H39NO5Si4. The molecule has 0 aliphatic heterocycles. The maximum absolute atomic E-state index is 11.2. The van der Waals surface area contributed by atoms with E-state index in [2.05, 4.69) is 58.9 Å². The fraction of sp³-hybridized carbons (Fsp3) is 0.933. The van der Waals surface area contributed by atoms with Gasteiger partial charge in [-0.25, -0.2) is 4.79 Å². The molecule has 0 aromatic rings. The molecule has 0 radical (unpaired) electrons. The molecule has 150 valence electrons. The van der Waals surface area contributed by atoms with E-state index < -0.39 is 39.8 Å². The van der Waals surface area contributed by atoms with Gasteiger partial charge in [0, 0.05) is 19.1 Å². The Morgan fingerprint density at radius 2 is 1.20 bits per heavy atom. The zero-order valence-corrected chi connectivity index (χ0v) is 21.9. The molecule has 1 N–H and O–H groups in total. The summed E-state index contributed by atoms with van der Waals surface area (Å²) in [7, 11) is -8.47. The topological polar surface area (TPSA) is 68.2 Å². The van der Waals surface area contributed by atoms with Crippen molar-refractivity contribution in [2.45, 2.75) is 78.3 Å². The predicted octanol–water partition coefficient (Wildman–Crippen LogP) is 4.87. The summed E-state index contributed by atoms with van der Waals surface area (Å²) < 4.78 is 19.8. The van der Waals surface area contributed by atoms with Gasteiger partial charge in [-0.2, -0.15) is 0 Å². The maximum Gasteiger partial charge on any atom is 0.469 e. The summed E-state index contributed by atoms with van der Waals surface area (Å²) in [6.45, 7) is 22.3. The van der Waals surface area contributed by atoms with E-state index in [1.165, 1.54) is 4.90 Å². The Labute approximate surface area is 158 Å². The van der Waals surface area contributed by atoms with Crippen LogP contribution in [0.15, 0.2) is 0 Å². The Morgan fingerprint density at radius 3 is 1.44 bits per heavy atom. The predicted molar refractivity (Wildman–Crippen MR) is 114 cm³/mol. The minimum Gasteiger partial charge on any atom is -0.465 e. The number of carboxylic acid groups (broad SMARTS) is 1. The SMILES string of the molecule is CCN(CCC[Si](O[Si](C)(C)C)(O[Si](C)(C)C)O[Si](C)(C)C)C(=O)O. The normalized spacial score (nSPS) is 13.8. The first kappa shape index (κ1) is 25.0. The molecule has 0 aliphatic carbocycles. The van der Waals surface area contributed by atoms with Crippen LogP contribution in [0, 0.1) is 0 Å². The third-order valence-electron chi connectivity index (χ3n) is 2.95. The van der Waals surface area contributed by atoms with E-state index in [9.17, 15) is 9.90 Å². The quantitative estimate of drug-likeness (QED) is 0.478. The number of amides is 1. The van der Waals surface area contributed by atoms with Crippen molar-refractivity contribution in [1.29, 1.82) is 0 Å². The minimum atomic E-state index is -2.85. The smallest absolute Gasteiger partial charge is 0.465 e. The van der Waals surface area contributed by atoms with Crippen LogP contribution in [0.2, 0.25) is 65.0 Å². The third kappa shape index (κ3) is 12.1. The van der Waals surface area contributed by atoms with Gasteiger partial charge in [0.05, 0.1) is 0 Å². The number of hydrogen-bond donors (Lipinski definition) is 1. The zero-order valence-electron chi connectivity index (χ0n) is 17.9. The number of hydrogen-bond acceptors (Lipinski definition) is 4. The summed E-state index contributed by atoms with van der Waals surface area (Å²) in [6, 6.07) is 0.676. The average molecular weight is 426 g/mol. The van der Waals surface area contributed by atoms with Gasteiger partial charge < -0.3 is 22.4 Å². The highest BCUT2D eigenvalue weighted by Crippen LogP contribution is 2.30. The summed E-state index contributed by atoms with van der Waals surface area (Å²) in [5.41, 5.74) is 0. The number of rotatable bonds is 11. The summed E-state index contributed by atoms with van der Waals surface area (Å²) in [4.78, 5) is 12.7. The standard InChI is InChI=1S/C15H39NO5Si4/c1-11-16(15(17)18)13-12-14-25(19-22(2,3)4,20-23(5,6)7)21-24(8,9)10/h11-14H2,1-10H3,(H,17,18). The first-order chi connectivity index (χ1) is 11.0. The van der Waals surface area contributed by atoms with Crippen LogP contribution in [0.5, 0.6) is 0 Å². The molecule has 0 aliphatic rings. The zero-order chi connectivity index (χ0) is 20.1. The van der Waals surface area contributed by atoms with E-state index in [1.807, 2.05) is 6.92 Å². The van der Waals surface area contributed by atoms with Crippen molar-refractivity contribution in [3.63, 3.8) is 0 Å². The van der Waals surface area contributed by atoms with Crippen LogP contribution in [0.25, 0.3) is 0 Å². The Balaban J connectivity index is 5.46. The molecule has 0 saturated carbocycles. The van der Waals surface area contributed by atoms with E-state index in [1.54, 1.807) is 0 Å². The van der Waals surface area contributed by atoms with Gasteiger partial charge in [0.25, 0.3) is 0 Å². The molecule has 0 bridgehead atoms. The molecule has 0 spiro atoms. The van der Waals surface area contributed by atoms with Crippen molar-refractivity contribution >= 4 is 39.8 Å². The van der Waals surface area contributed by atoms with Crippen molar-refractivity contribution in [3.8, 4) is 0 Å². The van der Waals surface area contributed by atoms with Crippen molar-refractivity contribution in [2.75, 3.05) is 13.1 Å². The van der Waals surface area contributed by atoms with Gasteiger partial charge in [0.1, 0.15) is 0 Å².